The molecule has 0 amide bonds. The fraction of sp³-hybridized carbons (Fsp3) is 0.174. The first-order valence-corrected chi connectivity index (χ1v) is 10.8. The van der Waals surface area contributed by atoms with Gasteiger partial charge in [0.25, 0.3) is 0 Å². The van der Waals surface area contributed by atoms with Crippen LogP contribution >= 0.6 is 22.9 Å². The molecule has 4 rings (SSSR count). The van der Waals surface area contributed by atoms with Crippen molar-refractivity contribution in [2.75, 3.05) is 0 Å². The van der Waals surface area contributed by atoms with Gasteiger partial charge in [-0.15, -0.1) is 11.3 Å². The largest absolute Gasteiger partial charge is 0.488 e. The smallest absolute Gasteiger partial charge is 0.304 e. The Morgan fingerprint density at radius 1 is 1.16 bits per heavy atom. The third-order valence-electron chi connectivity index (χ3n) is 4.83. The molecular formula is C23H19ClN2O4S. The van der Waals surface area contributed by atoms with Gasteiger partial charge in [0.1, 0.15) is 23.6 Å². The maximum atomic E-state index is 11.3. The summed E-state index contributed by atoms with van der Waals surface area (Å²) >= 11 is 7.55. The van der Waals surface area contributed by atoms with Gasteiger partial charge in [0, 0.05) is 22.6 Å². The molecule has 6 nitrogen and oxygen atoms in total. The Morgan fingerprint density at radius 3 is 2.55 bits per heavy atom. The van der Waals surface area contributed by atoms with Gasteiger partial charge in [-0.1, -0.05) is 41.0 Å². The van der Waals surface area contributed by atoms with E-state index in [9.17, 15) is 9.90 Å². The minimum absolute atomic E-state index is 0.0692. The fourth-order valence-corrected chi connectivity index (χ4v) is 4.30. The first-order chi connectivity index (χ1) is 15.0. The van der Waals surface area contributed by atoms with Crippen LogP contribution in [0.1, 0.15) is 34.2 Å². The van der Waals surface area contributed by atoms with Gasteiger partial charge < -0.3 is 14.4 Å². The number of nitrogens with zero attached hydrogens (tertiary/aromatic N) is 2. The third-order valence-corrected chi connectivity index (χ3v) is 6.26. The second-order valence-corrected chi connectivity index (χ2v) is 8.49. The molecule has 0 radical (unpaired) electrons. The predicted molar refractivity (Wildman–Crippen MR) is 119 cm³/mol. The lowest BCUT2D eigenvalue weighted by Gasteiger charge is -2.13. The number of benzene rings is 2. The normalized spacial score (nSPS) is 11.9. The molecule has 1 atom stereocenters. The molecule has 0 aliphatic heterocycles. The number of hydrogen-bond acceptors (Lipinski definition) is 6. The van der Waals surface area contributed by atoms with Gasteiger partial charge in [-0.25, -0.2) is 4.98 Å². The van der Waals surface area contributed by atoms with Gasteiger partial charge in [0.05, 0.1) is 22.7 Å². The van der Waals surface area contributed by atoms with Crippen LogP contribution in [0.4, 0.5) is 0 Å². The second-order valence-electron chi connectivity index (χ2n) is 6.97. The highest BCUT2D eigenvalue weighted by Crippen LogP contribution is 2.31. The van der Waals surface area contributed by atoms with E-state index >= 15 is 0 Å². The van der Waals surface area contributed by atoms with Crippen molar-refractivity contribution in [3.8, 4) is 16.3 Å². The summed E-state index contributed by atoms with van der Waals surface area (Å²) in [6.07, 6.45) is 1.37. The summed E-state index contributed by atoms with van der Waals surface area (Å²) in [5, 5.41) is 14.8. The molecule has 0 fully saturated rings. The number of carboxylic acids is 1. The standard InChI is InChI=1S/C23H19ClN2O4S/c1-14-21(31-23(25-14)16-2-6-17(24)7-3-16)13-29-18-8-4-15(5-9-18)19(12-22(27)28)20-10-11-30-26-20/h2-11,19H,12-13H2,1H3,(H,27,28). The van der Waals surface area contributed by atoms with Crippen molar-refractivity contribution in [3.63, 3.8) is 0 Å². The average molecular weight is 455 g/mol. The Morgan fingerprint density at radius 2 is 1.90 bits per heavy atom. The summed E-state index contributed by atoms with van der Waals surface area (Å²) in [6.45, 7) is 2.37. The number of carboxylic acid groups (broad SMARTS) is 1. The van der Waals surface area contributed by atoms with E-state index in [0.29, 0.717) is 23.1 Å². The highest BCUT2D eigenvalue weighted by Gasteiger charge is 2.20. The number of aromatic nitrogens is 2. The molecule has 4 aromatic rings. The van der Waals surface area contributed by atoms with Gasteiger partial charge in [-0.05, 0) is 36.8 Å². The molecule has 0 saturated carbocycles. The number of hydrogen-bond donors (Lipinski definition) is 1. The molecule has 8 heteroatoms. The van der Waals surface area contributed by atoms with Crippen molar-refractivity contribution in [2.24, 2.45) is 0 Å². The summed E-state index contributed by atoms with van der Waals surface area (Å²) in [6, 6.07) is 16.7. The number of ether oxygens (including phenoxy) is 1. The molecule has 2 aromatic carbocycles. The first kappa shape index (κ1) is 21.1. The average Bonchev–Trinajstić information content (AvgIpc) is 3.41. The van der Waals surface area contributed by atoms with Crippen molar-refractivity contribution in [2.45, 2.75) is 25.9 Å². The van der Waals surface area contributed by atoms with E-state index in [1.165, 1.54) is 6.26 Å². The number of aliphatic carboxylic acids is 1. The predicted octanol–water partition coefficient (Wildman–Crippen LogP) is 5.95. The lowest BCUT2D eigenvalue weighted by Crippen LogP contribution is -2.08. The Labute approximate surface area is 188 Å². The van der Waals surface area contributed by atoms with E-state index in [1.54, 1.807) is 17.4 Å². The summed E-state index contributed by atoms with van der Waals surface area (Å²) in [4.78, 5) is 16.9. The van der Waals surface area contributed by atoms with Crippen LogP contribution in [0.25, 0.3) is 10.6 Å². The lowest BCUT2D eigenvalue weighted by atomic mass is 9.92. The van der Waals surface area contributed by atoms with E-state index in [1.807, 2.05) is 55.5 Å². The van der Waals surface area contributed by atoms with Crippen LogP contribution in [0.15, 0.2) is 65.4 Å². The van der Waals surface area contributed by atoms with Crippen LogP contribution in [-0.2, 0) is 11.4 Å². The maximum absolute atomic E-state index is 11.3. The summed E-state index contributed by atoms with van der Waals surface area (Å²) < 4.78 is 10.8. The van der Waals surface area contributed by atoms with Crippen LogP contribution in [-0.4, -0.2) is 21.2 Å². The van der Waals surface area contributed by atoms with E-state index in [2.05, 4.69) is 10.1 Å². The van der Waals surface area contributed by atoms with E-state index < -0.39 is 5.97 Å². The van der Waals surface area contributed by atoms with Crippen LogP contribution in [0.5, 0.6) is 5.75 Å². The number of carbonyl (C=O) groups is 1. The van der Waals surface area contributed by atoms with Crippen LogP contribution in [0.2, 0.25) is 5.02 Å². The molecule has 0 aliphatic carbocycles. The molecule has 31 heavy (non-hydrogen) atoms. The zero-order valence-electron chi connectivity index (χ0n) is 16.6. The molecule has 2 heterocycles. The van der Waals surface area contributed by atoms with E-state index in [0.717, 1.165) is 26.7 Å². The zero-order chi connectivity index (χ0) is 21.8. The van der Waals surface area contributed by atoms with Crippen LogP contribution in [0, 0.1) is 6.92 Å². The highest BCUT2D eigenvalue weighted by atomic mass is 35.5. The monoisotopic (exact) mass is 454 g/mol. The van der Waals surface area contributed by atoms with Crippen molar-refractivity contribution >= 4 is 28.9 Å². The zero-order valence-corrected chi connectivity index (χ0v) is 18.2. The third kappa shape index (κ3) is 5.13. The molecule has 1 N–H and O–H groups in total. The van der Waals surface area contributed by atoms with Crippen molar-refractivity contribution in [1.29, 1.82) is 0 Å². The molecule has 2 aromatic heterocycles. The molecule has 1 unspecified atom stereocenters. The van der Waals surface area contributed by atoms with Crippen molar-refractivity contribution < 1.29 is 19.2 Å². The number of rotatable bonds is 8. The summed E-state index contributed by atoms with van der Waals surface area (Å²) in [5.41, 5.74) is 3.37. The van der Waals surface area contributed by atoms with Crippen LogP contribution in [0.3, 0.4) is 0 Å². The Bertz CT molecular complexity index is 1160. The Balaban J connectivity index is 1.45. The van der Waals surface area contributed by atoms with Crippen LogP contribution < -0.4 is 4.74 Å². The van der Waals surface area contributed by atoms with Gasteiger partial charge in [-0.3, -0.25) is 4.79 Å². The minimum atomic E-state index is -0.898. The topological polar surface area (TPSA) is 85.5 Å². The number of thiazole rings is 1. The molecular weight excluding hydrogens is 436 g/mol. The summed E-state index contributed by atoms with van der Waals surface area (Å²) in [5.74, 6) is -0.583. The number of halogens is 1. The maximum Gasteiger partial charge on any atom is 0.304 e. The van der Waals surface area contributed by atoms with Gasteiger partial charge in [0.15, 0.2) is 0 Å². The molecule has 0 spiro atoms. The molecule has 158 valence electrons. The lowest BCUT2D eigenvalue weighted by molar-refractivity contribution is -0.137. The SMILES string of the molecule is Cc1nc(-c2ccc(Cl)cc2)sc1COc1ccc(C(CC(=O)O)c2ccon2)cc1. The quantitative estimate of drug-likeness (QED) is 0.354. The van der Waals surface area contributed by atoms with Gasteiger partial charge in [0.2, 0.25) is 0 Å². The second kappa shape index (κ2) is 9.32. The fourth-order valence-electron chi connectivity index (χ4n) is 3.19. The molecule has 0 aliphatic rings. The summed E-state index contributed by atoms with van der Waals surface area (Å²) in [7, 11) is 0. The number of aryl methyl sites for hydroxylation is 1. The van der Waals surface area contributed by atoms with Crippen molar-refractivity contribution in [1.82, 2.24) is 10.1 Å². The first-order valence-electron chi connectivity index (χ1n) is 9.56. The minimum Gasteiger partial charge on any atom is -0.488 e. The molecule has 0 bridgehead atoms. The Kier molecular flexibility index (Phi) is 6.34. The van der Waals surface area contributed by atoms with Gasteiger partial charge >= 0.3 is 5.97 Å². The highest BCUT2D eigenvalue weighted by molar-refractivity contribution is 7.15. The van der Waals surface area contributed by atoms with E-state index in [4.69, 9.17) is 20.9 Å². The Hall–Kier alpha value is -3.16. The van der Waals surface area contributed by atoms with E-state index in [-0.39, 0.29) is 12.3 Å². The van der Waals surface area contributed by atoms with Crippen molar-refractivity contribution in [3.05, 3.63) is 87.7 Å². The van der Waals surface area contributed by atoms with Gasteiger partial charge in [-0.2, -0.15) is 0 Å². The molecule has 0 saturated heterocycles.